The van der Waals surface area contributed by atoms with E-state index in [4.69, 9.17) is 4.74 Å². The van der Waals surface area contributed by atoms with Gasteiger partial charge in [-0.1, -0.05) is 12.1 Å². The second-order valence-electron chi connectivity index (χ2n) is 4.92. The zero-order chi connectivity index (χ0) is 16.1. The minimum Gasteiger partial charge on any atom is -0.456 e. The molecule has 0 N–H and O–H groups in total. The van der Waals surface area contributed by atoms with E-state index < -0.39 is 0 Å². The van der Waals surface area contributed by atoms with Crippen LogP contribution >= 0.6 is 31.9 Å². The van der Waals surface area contributed by atoms with Gasteiger partial charge < -0.3 is 9.64 Å². The minimum atomic E-state index is 0.791. The van der Waals surface area contributed by atoms with Crippen LogP contribution in [0.4, 0.5) is 5.69 Å². The monoisotopic (exact) mass is 424 g/mol. The highest BCUT2D eigenvalue weighted by atomic mass is 79.9. The van der Waals surface area contributed by atoms with Crippen molar-refractivity contribution in [1.82, 2.24) is 4.90 Å². The van der Waals surface area contributed by atoms with E-state index in [2.05, 4.69) is 43.8 Å². The summed E-state index contributed by atoms with van der Waals surface area (Å²) < 4.78 is 7.81. The first kappa shape index (κ1) is 17.0. The standard InChI is InChI=1S/C17H18Br2N2O/c1-4-21(3)11-20-15-9-12(2)17(10-14(15)19)22-16-8-6-5-7-13(16)18/h5-11H,4H2,1-3H3. The second kappa shape index (κ2) is 7.79. The zero-order valence-corrected chi connectivity index (χ0v) is 16.0. The van der Waals surface area contributed by atoms with Gasteiger partial charge in [0.2, 0.25) is 0 Å². The molecule has 0 amide bonds. The van der Waals surface area contributed by atoms with Crippen LogP contribution in [0.3, 0.4) is 0 Å². The Morgan fingerprint density at radius 1 is 1.14 bits per heavy atom. The number of rotatable bonds is 5. The fraction of sp³-hybridized carbons (Fsp3) is 0.235. The number of aliphatic imine (C=N–C) groups is 1. The van der Waals surface area contributed by atoms with Gasteiger partial charge in [0, 0.05) is 18.1 Å². The van der Waals surface area contributed by atoms with E-state index in [9.17, 15) is 0 Å². The van der Waals surface area contributed by atoms with Gasteiger partial charge in [-0.05, 0) is 75.5 Å². The highest BCUT2D eigenvalue weighted by Crippen LogP contribution is 2.36. The first-order valence-corrected chi connectivity index (χ1v) is 8.56. The van der Waals surface area contributed by atoms with Crippen molar-refractivity contribution in [2.45, 2.75) is 13.8 Å². The first-order chi connectivity index (χ1) is 10.5. The molecular weight excluding hydrogens is 408 g/mol. The molecule has 22 heavy (non-hydrogen) atoms. The maximum absolute atomic E-state index is 5.98. The predicted molar refractivity (Wildman–Crippen MR) is 99.6 cm³/mol. The van der Waals surface area contributed by atoms with Crippen LogP contribution in [0.15, 0.2) is 50.3 Å². The van der Waals surface area contributed by atoms with Gasteiger partial charge in [0.1, 0.15) is 11.5 Å². The molecule has 0 unspecified atom stereocenters. The third kappa shape index (κ3) is 4.34. The highest BCUT2D eigenvalue weighted by molar-refractivity contribution is 9.11. The molecule has 2 rings (SSSR count). The quantitative estimate of drug-likeness (QED) is 0.438. The van der Waals surface area contributed by atoms with Crippen molar-refractivity contribution in [3.63, 3.8) is 0 Å². The van der Waals surface area contributed by atoms with Crippen LogP contribution in [-0.4, -0.2) is 24.8 Å². The molecule has 5 heteroatoms. The molecule has 0 bridgehead atoms. The van der Waals surface area contributed by atoms with E-state index in [1.807, 2.05) is 61.6 Å². The van der Waals surface area contributed by atoms with Crippen molar-refractivity contribution in [3.05, 3.63) is 50.9 Å². The molecule has 0 radical (unpaired) electrons. The van der Waals surface area contributed by atoms with Crippen molar-refractivity contribution in [3.8, 4) is 11.5 Å². The van der Waals surface area contributed by atoms with E-state index in [0.29, 0.717) is 0 Å². The SMILES string of the molecule is CCN(C)C=Nc1cc(C)c(Oc2ccccc2Br)cc1Br. The van der Waals surface area contributed by atoms with Crippen molar-refractivity contribution < 1.29 is 4.74 Å². The summed E-state index contributed by atoms with van der Waals surface area (Å²) in [5.74, 6) is 1.60. The Morgan fingerprint density at radius 3 is 2.55 bits per heavy atom. The summed E-state index contributed by atoms with van der Waals surface area (Å²) >= 11 is 7.06. The Morgan fingerprint density at radius 2 is 1.86 bits per heavy atom. The lowest BCUT2D eigenvalue weighted by Gasteiger charge is -2.13. The average Bonchev–Trinajstić information content (AvgIpc) is 2.51. The van der Waals surface area contributed by atoms with Crippen LogP contribution < -0.4 is 4.74 Å². The molecule has 0 saturated heterocycles. The lowest BCUT2D eigenvalue weighted by molar-refractivity contribution is 0.475. The number of aryl methyl sites for hydroxylation is 1. The number of hydrogen-bond donors (Lipinski definition) is 0. The molecule has 0 aliphatic rings. The van der Waals surface area contributed by atoms with E-state index >= 15 is 0 Å². The third-order valence-corrected chi connectivity index (χ3v) is 4.48. The van der Waals surface area contributed by atoms with Gasteiger partial charge in [-0.15, -0.1) is 0 Å². The summed E-state index contributed by atoms with van der Waals surface area (Å²) in [6, 6.07) is 11.8. The van der Waals surface area contributed by atoms with Crippen molar-refractivity contribution in [2.75, 3.05) is 13.6 Å². The summed E-state index contributed by atoms with van der Waals surface area (Å²) in [6.07, 6.45) is 1.83. The lowest BCUT2D eigenvalue weighted by atomic mass is 10.2. The van der Waals surface area contributed by atoms with Gasteiger partial charge in [-0.25, -0.2) is 4.99 Å². The Bertz CT molecular complexity index is 686. The maximum atomic E-state index is 5.98. The molecule has 3 nitrogen and oxygen atoms in total. The molecule has 2 aromatic carbocycles. The molecule has 0 heterocycles. The van der Waals surface area contributed by atoms with Crippen LogP contribution in [-0.2, 0) is 0 Å². The number of nitrogens with zero attached hydrogens (tertiary/aromatic N) is 2. The fourth-order valence-electron chi connectivity index (χ4n) is 1.75. The molecule has 0 aromatic heterocycles. The summed E-state index contributed by atoms with van der Waals surface area (Å²) in [6.45, 7) is 5.02. The normalized spacial score (nSPS) is 11.0. The van der Waals surface area contributed by atoms with Crippen molar-refractivity contribution in [2.24, 2.45) is 4.99 Å². The molecule has 2 aromatic rings. The van der Waals surface area contributed by atoms with E-state index in [1.165, 1.54) is 0 Å². The summed E-state index contributed by atoms with van der Waals surface area (Å²) in [5, 5.41) is 0. The Hall–Kier alpha value is -1.33. The van der Waals surface area contributed by atoms with Gasteiger partial charge >= 0.3 is 0 Å². The smallest absolute Gasteiger partial charge is 0.141 e. The Kier molecular flexibility index (Phi) is 6.03. The average molecular weight is 426 g/mol. The van der Waals surface area contributed by atoms with Crippen molar-refractivity contribution >= 4 is 43.9 Å². The van der Waals surface area contributed by atoms with Crippen LogP contribution in [0.25, 0.3) is 0 Å². The van der Waals surface area contributed by atoms with Gasteiger partial charge in [0.05, 0.1) is 16.5 Å². The van der Waals surface area contributed by atoms with Crippen LogP contribution in [0.2, 0.25) is 0 Å². The van der Waals surface area contributed by atoms with E-state index in [0.717, 1.165) is 38.2 Å². The Balaban J connectivity index is 2.27. The number of hydrogen-bond acceptors (Lipinski definition) is 2. The molecule has 0 spiro atoms. The van der Waals surface area contributed by atoms with Gasteiger partial charge in [-0.3, -0.25) is 0 Å². The molecule has 0 aliphatic heterocycles. The molecular formula is C17H18Br2N2O. The Labute approximate surface area is 148 Å². The second-order valence-corrected chi connectivity index (χ2v) is 6.63. The molecule has 0 aliphatic carbocycles. The van der Waals surface area contributed by atoms with E-state index in [1.54, 1.807) is 0 Å². The summed E-state index contributed by atoms with van der Waals surface area (Å²) in [4.78, 5) is 6.51. The minimum absolute atomic E-state index is 0.791. The maximum Gasteiger partial charge on any atom is 0.141 e. The molecule has 116 valence electrons. The van der Waals surface area contributed by atoms with Crippen LogP contribution in [0, 0.1) is 6.92 Å². The van der Waals surface area contributed by atoms with Gasteiger partial charge in [0.15, 0.2) is 0 Å². The lowest BCUT2D eigenvalue weighted by Crippen LogP contribution is -2.14. The number of ether oxygens (including phenoxy) is 1. The van der Waals surface area contributed by atoms with Crippen LogP contribution in [0.5, 0.6) is 11.5 Å². The fourth-order valence-corrected chi connectivity index (χ4v) is 2.54. The summed E-state index contributed by atoms with van der Waals surface area (Å²) in [5.41, 5.74) is 1.92. The molecule has 0 atom stereocenters. The van der Waals surface area contributed by atoms with Crippen LogP contribution in [0.1, 0.15) is 12.5 Å². The number of benzene rings is 2. The predicted octanol–water partition coefficient (Wildman–Crippen LogP) is 5.92. The summed E-state index contributed by atoms with van der Waals surface area (Å²) in [7, 11) is 1.99. The number of halogens is 2. The van der Waals surface area contributed by atoms with E-state index in [-0.39, 0.29) is 0 Å². The topological polar surface area (TPSA) is 24.8 Å². The largest absolute Gasteiger partial charge is 0.456 e. The number of para-hydroxylation sites is 1. The highest BCUT2D eigenvalue weighted by Gasteiger charge is 2.09. The third-order valence-electron chi connectivity index (χ3n) is 3.19. The first-order valence-electron chi connectivity index (χ1n) is 6.98. The molecule has 0 saturated carbocycles. The zero-order valence-electron chi connectivity index (χ0n) is 12.8. The molecule has 0 fully saturated rings. The van der Waals surface area contributed by atoms with Crippen molar-refractivity contribution in [1.29, 1.82) is 0 Å². The van der Waals surface area contributed by atoms with Gasteiger partial charge in [-0.2, -0.15) is 0 Å². The van der Waals surface area contributed by atoms with Gasteiger partial charge in [0.25, 0.3) is 0 Å².